The zero-order valence-corrected chi connectivity index (χ0v) is 17.7. The molecule has 1 unspecified atom stereocenters. The third-order valence-electron chi connectivity index (χ3n) is 4.21. The summed E-state index contributed by atoms with van der Waals surface area (Å²) in [5.41, 5.74) is 0.819. The largest absolute Gasteiger partial charge is 0.479 e. The second-order valence-electron chi connectivity index (χ2n) is 6.46. The lowest BCUT2D eigenvalue weighted by Crippen LogP contribution is -2.22. The molecule has 3 rings (SSSR count). The van der Waals surface area contributed by atoms with Crippen LogP contribution in [0.2, 0.25) is 0 Å². The Kier molecular flexibility index (Phi) is 6.72. The molecule has 0 saturated carbocycles. The van der Waals surface area contributed by atoms with Gasteiger partial charge in [0.05, 0.1) is 11.3 Å². The molecule has 4 nitrogen and oxygen atoms in total. The van der Waals surface area contributed by atoms with E-state index in [1.54, 1.807) is 23.9 Å². The highest BCUT2D eigenvalue weighted by atomic mass is 32.2. The molecule has 2 aromatic carbocycles. The van der Waals surface area contributed by atoms with Gasteiger partial charge in [-0.1, -0.05) is 12.1 Å². The van der Waals surface area contributed by atoms with Crippen LogP contribution in [0.15, 0.2) is 53.4 Å². The second kappa shape index (κ2) is 9.09. The molecule has 0 radical (unpaired) electrons. The fraction of sp³-hybridized carbons (Fsp3) is 0.238. The summed E-state index contributed by atoms with van der Waals surface area (Å²) in [6.45, 7) is 3.34. The summed E-state index contributed by atoms with van der Waals surface area (Å²) in [4.78, 5) is 17.4. The maximum Gasteiger partial charge on any atom is 0.416 e. The molecule has 30 heavy (non-hydrogen) atoms. The number of halogens is 3. The lowest BCUT2D eigenvalue weighted by Gasteiger charge is -2.10. The van der Waals surface area contributed by atoms with E-state index >= 15 is 0 Å². The van der Waals surface area contributed by atoms with Crippen LogP contribution in [0, 0.1) is 6.92 Å². The zero-order valence-electron chi connectivity index (χ0n) is 16.1. The fourth-order valence-electron chi connectivity index (χ4n) is 2.51. The summed E-state index contributed by atoms with van der Waals surface area (Å²) in [7, 11) is 0. The number of benzene rings is 2. The number of thiazole rings is 1. The van der Waals surface area contributed by atoms with Crippen LogP contribution in [0.5, 0.6) is 5.75 Å². The average molecular weight is 454 g/mol. The van der Waals surface area contributed by atoms with Crippen molar-refractivity contribution in [2.45, 2.75) is 36.8 Å². The maximum absolute atomic E-state index is 12.7. The predicted molar refractivity (Wildman–Crippen MR) is 111 cm³/mol. The quantitative estimate of drug-likeness (QED) is 0.427. The Morgan fingerprint density at radius 2 is 1.80 bits per heavy atom. The van der Waals surface area contributed by atoms with Crippen molar-refractivity contribution in [3.05, 3.63) is 64.7 Å². The number of thioether (sulfide) groups is 1. The first kappa shape index (κ1) is 22.2. The Morgan fingerprint density at radius 1 is 1.17 bits per heavy atom. The second-order valence-corrected chi connectivity index (χ2v) is 8.59. The smallest absolute Gasteiger partial charge is 0.416 e. The highest BCUT2D eigenvalue weighted by molar-refractivity contribution is 7.98. The summed E-state index contributed by atoms with van der Waals surface area (Å²) in [6, 6.07) is 12.1. The number of alkyl halides is 3. The molecule has 3 aromatic rings. The van der Waals surface area contributed by atoms with Crippen LogP contribution >= 0.6 is 23.1 Å². The van der Waals surface area contributed by atoms with E-state index in [0.29, 0.717) is 22.1 Å². The molecule has 9 heteroatoms. The van der Waals surface area contributed by atoms with E-state index in [4.69, 9.17) is 9.84 Å². The van der Waals surface area contributed by atoms with Crippen molar-refractivity contribution >= 4 is 29.1 Å². The van der Waals surface area contributed by atoms with Crippen molar-refractivity contribution in [2.24, 2.45) is 0 Å². The SMILES string of the molecule is Cc1nc(-c2ccc(C(F)(F)F)cc2)sc1CSc1ccc(OC(C)C(=O)O)cc1. The number of aryl methyl sites for hydroxylation is 1. The first-order chi connectivity index (χ1) is 14.1. The number of aliphatic carboxylic acids is 1. The first-order valence-corrected chi connectivity index (χ1v) is 10.7. The van der Waals surface area contributed by atoms with Crippen molar-refractivity contribution < 1.29 is 27.8 Å². The molecule has 0 amide bonds. The molecule has 0 saturated heterocycles. The van der Waals surface area contributed by atoms with Crippen molar-refractivity contribution in [1.29, 1.82) is 0 Å². The molecular weight excluding hydrogens is 435 g/mol. The van der Waals surface area contributed by atoms with E-state index in [2.05, 4.69) is 4.98 Å². The Balaban J connectivity index is 1.64. The third-order valence-corrected chi connectivity index (χ3v) is 6.63. The van der Waals surface area contributed by atoms with Gasteiger partial charge >= 0.3 is 12.1 Å². The number of carboxylic acid groups (broad SMARTS) is 1. The zero-order chi connectivity index (χ0) is 21.9. The summed E-state index contributed by atoms with van der Waals surface area (Å²) >= 11 is 3.04. The molecular formula is C21H18F3NO3S2. The molecule has 0 fully saturated rings. The van der Waals surface area contributed by atoms with Gasteiger partial charge in [0.2, 0.25) is 0 Å². The Labute approximate surface area is 179 Å². The topological polar surface area (TPSA) is 59.4 Å². The lowest BCUT2D eigenvalue weighted by molar-refractivity contribution is -0.144. The van der Waals surface area contributed by atoms with Crippen LogP contribution in [-0.2, 0) is 16.7 Å². The van der Waals surface area contributed by atoms with Gasteiger partial charge in [-0.15, -0.1) is 23.1 Å². The minimum absolute atomic E-state index is 0.479. The number of carboxylic acids is 1. The maximum atomic E-state index is 12.7. The number of ether oxygens (including phenoxy) is 1. The van der Waals surface area contributed by atoms with Crippen molar-refractivity contribution in [3.63, 3.8) is 0 Å². The van der Waals surface area contributed by atoms with E-state index in [1.165, 1.54) is 30.4 Å². The van der Waals surface area contributed by atoms with Gasteiger partial charge in [0.1, 0.15) is 10.8 Å². The summed E-state index contributed by atoms with van der Waals surface area (Å²) in [5.74, 6) is 0.112. The number of rotatable bonds is 7. The molecule has 1 aromatic heterocycles. The monoisotopic (exact) mass is 453 g/mol. The molecule has 1 N–H and O–H groups in total. The van der Waals surface area contributed by atoms with E-state index in [0.717, 1.165) is 27.6 Å². The van der Waals surface area contributed by atoms with Gasteiger partial charge in [-0.05, 0) is 50.2 Å². The lowest BCUT2D eigenvalue weighted by atomic mass is 10.1. The van der Waals surface area contributed by atoms with Crippen molar-refractivity contribution in [3.8, 4) is 16.3 Å². The minimum atomic E-state index is -4.36. The molecule has 1 atom stereocenters. The standard InChI is InChI=1S/C21H18F3NO3S2/c1-12-18(11-29-17-9-7-16(8-10-17)28-13(2)20(26)27)30-19(25-12)14-3-5-15(6-4-14)21(22,23)24/h3-10,13H,11H2,1-2H3,(H,26,27). The number of hydrogen-bond donors (Lipinski definition) is 1. The highest BCUT2D eigenvalue weighted by Gasteiger charge is 2.30. The van der Waals surface area contributed by atoms with Gasteiger partial charge < -0.3 is 9.84 Å². The van der Waals surface area contributed by atoms with Crippen LogP contribution in [0.3, 0.4) is 0 Å². The van der Waals surface area contributed by atoms with Crippen LogP contribution in [-0.4, -0.2) is 22.2 Å². The van der Waals surface area contributed by atoms with Crippen LogP contribution < -0.4 is 4.74 Å². The van der Waals surface area contributed by atoms with E-state index < -0.39 is 23.8 Å². The molecule has 0 bridgehead atoms. The Bertz CT molecular complexity index is 1020. The van der Waals surface area contributed by atoms with Gasteiger partial charge in [-0.2, -0.15) is 13.2 Å². The van der Waals surface area contributed by atoms with E-state index in [1.807, 2.05) is 19.1 Å². The molecule has 0 aliphatic carbocycles. The summed E-state index contributed by atoms with van der Waals surface area (Å²) < 4.78 is 43.5. The summed E-state index contributed by atoms with van der Waals surface area (Å²) in [5, 5.41) is 9.57. The highest BCUT2D eigenvalue weighted by Crippen LogP contribution is 2.35. The number of aromatic nitrogens is 1. The Hall–Kier alpha value is -2.52. The van der Waals surface area contributed by atoms with Crippen LogP contribution in [0.4, 0.5) is 13.2 Å². The van der Waals surface area contributed by atoms with Crippen molar-refractivity contribution in [2.75, 3.05) is 0 Å². The van der Waals surface area contributed by atoms with Gasteiger partial charge in [0, 0.05) is 21.1 Å². The normalized spacial score (nSPS) is 12.6. The number of carbonyl (C=O) groups is 1. The summed E-state index contributed by atoms with van der Waals surface area (Å²) in [6.07, 6.45) is -5.28. The fourth-order valence-corrected chi connectivity index (χ4v) is 4.62. The predicted octanol–water partition coefficient (Wildman–Crippen LogP) is 6.28. The minimum Gasteiger partial charge on any atom is -0.479 e. The molecule has 158 valence electrons. The van der Waals surface area contributed by atoms with Crippen molar-refractivity contribution in [1.82, 2.24) is 4.98 Å². The van der Waals surface area contributed by atoms with E-state index in [-0.39, 0.29) is 0 Å². The van der Waals surface area contributed by atoms with E-state index in [9.17, 15) is 18.0 Å². The number of hydrogen-bond acceptors (Lipinski definition) is 5. The van der Waals surface area contributed by atoms with Crippen LogP contribution in [0.25, 0.3) is 10.6 Å². The van der Waals surface area contributed by atoms with Crippen LogP contribution in [0.1, 0.15) is 23.1 Å². The molecule has 0 aliphatic heterocycles. The Morgan fingerprint density at radius 3 is 2.37 bits per heavy atom. The van der Waals surface area contributed by atoms with Gasteiger partial charge in [-0.25, -0.2) is 9.78 Å². The van der Waals surface area contributed by atoms with Gasteiger partial charge in [-0.3, -0.25) is 0 Å². The first-order valence-electron chi connectivity index (χ1n) is 8.90. The third kappa shape index (κ3) is 5.54. The molecule has 1 heterocycles. The van der Waals surface area contributed by atoms with Gasteiger partial charge in [0.15, 0.2) is 6.10 Å². The molecule has 0 spiro atoms. The molecule has 0 aliphatic rings. The van der Waals surface area contributed by atoms with Gasteiger partial charge in [0.25, 0.3) is 0 Å². The number of nitrogens with zero attached hydrogens (tertiary/aromatic N) is 1. The average Bonchev–Trinajstić information content (AvgIpc) is 3.07.